The maximum Gasteiger partial charge on any atom is 0.0160 e. The van der Waals surface area contributed by atoms with Gasteiger partial charge in [0.05, 0.1) is 0 Å². The normalized spacial score (nSPS) is 33.1. The van der Waals surface area contributed by atoms with Gasteiger partial charge in [0.25, 0.3) is 0 Å². The van der Waals surface area contributed by atoms with Crippen LogP contribution in [-0.4, -0.2) is 11.5 Å². The third kappa shape index (κ3) is 1.76. The van der Waals surface area contributed by atoms with Crippen molar-refractivity contribution >= 4 is 11.8 Å². The molecular weight excluding hydrogens is 176 g/mol. The van der Waals surface area contributed by atoms with Crippen molar-refractivity contribution in [3.05, 3.63) is 35.5 Å². The van der Waals surface area contributed by atoms with Crippen molar-refractivity contribution in [3.8, 4) is 0 Å². The number of hydrogen-bond donors (Lipinski definition) is 0. The van der Waals surface area contributed by atoms with Crippen molar-refractivity contribution in [2.24, 2.45) is 5.41 Å². The third-order valence-corrected chi connectivity index (χ3v) is 4.21. The average Bonchev–Trinajstić information content (AvgIpc) is 2.27. The Morgan fingerprint density at radius 3 is 3.08 bits per heavy atom. The van der Waals surface area contributed by atoms with E-state index in [0.29, 0.717) is 5.41 Å². The van der Waals surface area contributed by atoms with Gasteiger partial charge < -0.3 is 0 Å². The first-order chi connectivity index (χ1) is 6.21. The largest absolute Gasteiger partial charge is 0.160 e. The van der Waals surface area contributed by atoms with Crippen LogP contribution in [0.3, 0.4) is 0 Å². The summed E-state index contributed by atoms with van der Waals surface area (Å²) in [7, 11) is 0. The molecule has 0 amide bonds. The van der Waals surface area contributed by atoms with E-state index >= 15 is 0 Å². The topological polar surface area (TPSA) is 0 Å². The van der Waals surface area contributed by atoms with Crippen LogP contribution >= 0.6 is 11.8 Å². The van der Waals surface area contributed by atoms with Crippen LogP contribution < -0.4 is 0 Å². The lowest BCUT2D eigenvalue weighted by Crippen LogP contribution is -2.24. The highest BCUT2D eigenvalue weighted by Crippen LogP contribution is 2.41. The summed E-state index contributed by atoms with van der Waals surface area (Å²) in [6.45, 7) is 4.52. The molecule has 0 N–H and O–H groups in total. The van der Waals surface area contributed by atoms with Crippen LogP contribution in [-0.2, 0) is 0 Å². The first kappa shape index (κ1) is 9.14. The second-order valence-corrected chi connectivity index (χ2v) is 5.26. The van der Waals surface area contributed by atoms with Gasteiger partial charge in [0.2, 0.25) is 0 Å². The summed E-state index contributed by atoms with van der Waals surface area (Å²) in [6, 6.07) is 0. The fraction of sp³-hybridized carbons (Fsp3) is 0.500. The van der Waals surface area contributed by atoms with Crippen molar-refractivity contribution < 1.29 is 0 Å². The van der Waals surface area contributed by atoms with E-state index in [2.05, 4.69) is 49.9 Å². The summed E-state index contributed by atoms with van der Waals surface area (Å²) in [5.74, 6) is 2.54. The van der Waals surface area contributed by atoms with E-state index in [1.54, 1.807) is 5.57 Å². The Morgan fingerprint density at radius 1 is 1.38 bits per heavy atom. The maximum absolute atomic E-state index is 2.38. The highest BCUT2D eigenvalue weighted by molar-refractivity contribution is 7.99. The zero-order valence-electron chi connectivity index (χ0n) is 8.34. The first-order valence-corrected chi connectivity index (χ1v) is 6.01. The standard InChI is InChI=1S/C12H16S/c1-10-3-4-11-6-8-13-9-12(11,2)7-5-10/h3-5,7H,6,8-9H2,1-2H3. The summed E-state index contributed by atoms with van der Waals surface area (Å²) in [6.07, 6.45) is 10.5. The SMILES string of the molecule is CC1=CC=C2CCSCC2(C)C=C1. The van der Waals surface area contributed by atoms with Gasteiger partial charge in [-0.05, 0) is 19.1 Å². The van der Waals surface area contributed by atoms with Gasteiger partial charge >= 0.3 is 0 Å². The molecule has 0 aromatic carbocycles. The van der Waals surface area contributed by atoms with Crippen molar-refractivity contribution in [1.82, 2.24) is 0 Å². The molecule has 0 nitrogen and oxygen atoms in total. The minimum Gasteiger partial charge on any atom is -0.160 e. The summed E-state index contributed by atoms with van der Waals surface area (Å²) in [5.41, 5.74) is 3.31. The van der Waals surface area contributed by atoms with E-state index < -0.39 is 0 Å². The number of thioether (sulfide) groups is 1. The Bertz CT molecular complexity index is 296. The molecule has 2 rings (SSSR count). The molecule has 0 radical (unpaired) electrons. The summed E-state index contributed by atoms with van der Waals surface area (Å²) in [5, 5.41) is 0. The zero-order valence-corrected chi connectivity index (χ0v) is 9.16. The minimum absolute atomic E-state index is 0.331. The van der Waals surface area contributed by atoms with Gasteiger partial charge in [-0.15, -0.1) is 0 Å². The van der Waals surface area contributed by atoms with Crippen LogP contribution in [0.2, 0.25) is 0 Å². The van der Waals surface area contributed by atoms with Crippen molar-refractivity contribution in [2.75, 3.05) is 11.5 Å². The molecule has 1 aliphatic carbocycles. The van der Waals surface area contributed by atoms with Crippen molar-refractivity contribution in [1.29, 1.82) is 0 Å². The van der Waals surface area contributed by atoms with E-state index in [1.807, 2.05) is 0 Å². The van der Waals surface area contributed by atoms with Gasteiger partial charge in [-0.2, -0.15) is 11.8 Å². The van der Waals surface area contributed by atoms with Crippen LogP contribution in [0.1, 0.15) is 20.3 Å². The van der Waals surface area contributed by atoms with E-state index in [4.69, 9.17) is 0 Å². The van der Waals surface area contributed by atoms with Gasteiger partial charge in [0.15, 0.2) is 0 Å². The lowest BCUT2D eigenvalue weighted by Gasteiger charge is -2.32. The van der Waals surface area contributed by atoms with Crippen LogP contribution in [0.5, 0.6) is 0 Å². The highest BCUT2D eigenvalue weighted by Gasteiger charge is 2.29. The molecule has 1 unspecified atom stereocenters. The average molecular weight is 192 g/mol. The maximum atomic E-state index is 2.38. The van der Waals surface area contributed by atoms with Gasteiger partial charge in [-0.1, -0.05) is 42.4 Å². The van der Waals surface area contributed by atoms with Gasteiger partial charge in [-0.3, -0.25) is 0 Å². The molecule has 1 fully saturated rings. The van der Waals surface area contributed by atoms with Crippen LogP contribution in [0.4, 0.5) is 0 Å². The number of fused-ring (bicyclic) bond motifs is 1. The second kappa shape index (κ2) is 3.38. The Kier molecular flexibility index (Phi) is 2.37. The zero-order chi connectivity index (χ0) is 9.31. The van der Waals surface area contributed by atoms with E-state index in [0.717, 1.165) is 0 Å². The summed E-state index contributed by atoms with van der Waals surface area (Å²) >= 11 is 2.07. The minimum atomic E-state index is 0.331. The molecule has 1 aliphatic heterocycles. The second-order valence-electron chi connectivity index (χ2n) is 4.16. The van der Waals surface area contributed by atoms with Crippen LogP contribution in [0.15, 0.2) is 35.5 Å². The Balaban J connectivity index is 2.36. The molecule has 0 aromatic heterocycles. The molecule has 2 aliphatic rings. The van der Waals surface area contributed by atoms with E-state index in [9.17, 15) is 0 Å². The molecule has 1 heteroatoms. The lowest BCUT2D eigenvalue weighted by atomic mass is 9.82. The van der Waals surface area contributed by atoms with E-state index in [-0.39, 0.29) is 0 Å². The third-order valence-electron chi connectivity index (χ3n) is 2.91. The van der Waals surface area contributed by atoms with Gasteiger partial charge in [0, 0.05) is 11.2 Å². The molecule has 1 heterocycles. The Hall–Kier alpha value is -0.430. The molecule has 0 bridgehead atoms. The summed E-state index contributed by atoms with van der Waals surface area (Å²) in [4.78, 5) is 0. The highest BCUT2D eigenvalue weighted by atomic mass is 32.2. The Morgan fingerprint density at radius 2 is 2.23 bits per heavy atom. The number of allylic oxidation sites excluding steroid dienone is 6. The molecule has 0 aromatic rings. The molecule has 13 heavy (non-hydrogen) atoms. The van der Waals surface area contributed by atoms with Crippen LogP contribution in [0.25, 0.3) is 0 Å². The van der Waals surface area contributed by atoms with E-state index in [1.165, 1.54) is 23.5 Å². The predicted octanol–water partition coefficient (Wildman–Crippen LogP) is 3.57. The molecule has 70 valence electrons. The van der Waals surface area contributed by atoms with Crippen molar-refractivity contribution in [2.45, 2.75) is 20.3 Å². The molecule has 0 saturated carbocycles. The number of rotatable bonds is 0. The fourth-order valence-electron chi connectivity index (χ4n) is 1.88. The Labute approximate surface area is 84.8 Å². The lowest BCUT2D eigenvalue weighted by molar-refractivity contribution is 0.562. The molecule has 1 atom stereocenters. The number of hydrogen-bond acceptors (Lipinski definition) is 1. The van der Waals surface area contributed by atoms with Crippen molar-refractivity contribution in [3.63, 3.8) is 0 Å². The first-order valence-electron chi connectivity index (χ1n) is 4.86. The molecular formula is C12H16S. The van der Waals surface area contributed by atoms with Gasteiger partial charge in [0.1, 0.15) is 0 Å². The summed E-state index contributed by atoms with van der Waals surface area (Å²) < 4.78 is 0. The predicted molar refractivity (Wildman–Crippen MR) is 61.0 cm³/mol. The monoisotopic (exact) mass is 192 g/mol. The van der Waals surface area contributed by atoms with Gasteiger partial charge in [-0.25, -0.2) is 0 Å². The van der Waals surface area contributed by atoms with Crippen LogP contribution in [0, 0.1) is 5.41 Å². The smallest absolute Gasteiger partial charge is 0.0160 e. The molecule has 0 spiro atoms. The molecule has 1 saturated heterocycles. The quantitative estimate of drug-likeness (QED) is 0.565. The fourth-order valence-corrected chi connectivity index (χ4v) is 3.09.